The Bertz CT molecular complexity index is 1090. The summed E-state index contributed by atoms with van der Waals surface area (Å²) < 4.78 is 38.5. The zero-order valence-electron chi connectivity index (χ0n) is 22.9. The van der Waals surface area contributed by atoms with E-state index in [4.69, 9.17) is 9.47 Å². The van der Waals surface area contributed by atoms with Crippen molar-refractivity contribution in [2.45, 2.75) is 44.7 Å². The van der Waals surface area contributed by atoms with Crippen molar-refractivity contribution in [1.82, 2.24) is 14.1 Å². The molecule has 1 amide bonds. The second kappa shape index (κ2) is 13.2. The van der Waals surface area contributed by atoms with Crippen LogP contribution < -0.4 is 4.74 Å². The normalized spacial score (nSPS) is 12.7. The summed E-state index contributed by atoms with van der Waals surface area (Å²) >= 11 is 0. The summed E-state index contributed by atoms with van der Waals surface area (Å²) in [6, 6.07) is 11.7. The highest BCUT2D eigenvalue weighted by atomic mass is 32.2. The van der Waals surface area contributed by atoms with Gasteiger partial charge < -0.3 is 19.3 Å². The molecule has 200 valence electrons. The summed E-state index contributed by atoms with van der Waals surface area (Å²) in [4.78, 5) is 16.8. The van der Waals surface area contributed by atoms with Gasteiger partial charge in [0.25, 0.3) is 5.91 Å². The number of rotatable bonds is 13. The molecule has 0 aliphatic rings. The first-order chi connectivity index (χ1) is 16.9. The highest BCUT2D eigenvalue weighted by Crippen LogP contribution is 2.27. The molecule has 0 N–H and O–H groups in total. The molecule has 0 saturated heterocycles. The van der Waals surface area contributed by atoms with E-state index >= 15 is 0 Å². The number of carbonyl (C=O) groups excluding carboxylic acids is 1. The third kappa shape index (κ3) is 8.03. The number of carbonyl (C=O) groups is 1. The van der Waals surface area contributed by atoms with Crippen molar-refractivity contribution in [3.8, 4) is 5.75 Å². The van der Waals surface area contributed by atoms with Crippen molar-refractivity contribution < 1.29 is 22.7 Å². The van der Waals surface area contributed by atoms with Crippen LogP contribution in [0.25, 0.3) is 0 Å². The summed E-state index contributed by atoms with van der Waals surface area (Å²) in [5.41, 5.74) is 3.55. The molecule has 0 bridgehead atoms. The Balaban J connectivity index is 1.89. The van der Waals surface area contributed by atoms with Crippen LogP contribution in [0.3, 0.4) is 0 Å². The number of sulfonamides is 1. The molecule has 36 heavy (non-hydrogen) atoms. The Morgan fingerprint density at radius 1 is 0.944 bits per heavy atom. The quantitative estimate of drug-likeness (QED) is 0.405. The summed E-state index contributed by atoms with van der Waals surface area (Å²) in [6.07, 6.45) is 0.296. The molecule has 1 atom stereocenters. The molecule has 0 aliphatic heterocycles. The Hall–Kier alpha value is -2.46. The third-order valence-corrected chi connectivity index (χ3v) is 8.29. The number of aryl methyl sites for hydroxylation is 2. The van der Waals surface area contributed by atoms with Crippen LogP contribution in [-0.4, -0.2) is 89.5 Å². The van der Waals surface area contributed by atoms with Gasteiger partial charge in [-0.2, -0.15) is 4.31 Å². The molecule has 2 aromatic carbocycles. The predicted molar refractivity (Wildman–Crippen MR) is 143 cm³/mol. The number of amides is 1. The van der Waals surface area contributed by atoms with Gasteiger partial charge in [0, 0.05) is 33.7 Å². The second-order valence-corrected chi connectivity index (χ2v) is 11.5. The Labute approximate surface area is 216 Å². The fourth-order valence-corrected chi connectivity index (χ4v) is 5.52. The van der Waals surface area contributed by atoms with E-state index in [1.807, 2.05) is 12.1 Å². The van der Waals surface area contributed by atoms with Crippen molar-refractivity contribution in [2.24, 2.45) is 0 Å². The second-order valence-electron chi connectivity index (χ2n) is 9.49. The van der Waals surface area contributed by atoms with Gasteiger partial charge in [0.2, 0.25) is 10.0 Å². The summed E-state index contributed by atoms with van der Waals surface area (Å²) in [6.45, 7) is 6.89. The lowest BCUT2D eigenvalue weighted by Gasteiger charge is -2.24. The first-order valence-electron chi connectivity index (χ1n) is 12.1. The van der Waals surface area contributed by atoms with Gasteiger partial charge in [-0.3, -0.25) is 4.79 Å². The van der Waals surface area contributed by atoms with Crippen LogP contribution in [0.5, 0.6) is 5.75 Å². The van der Waals surface area contributed by atoms with Gasteiger partial charge in [0.1, 0.15) is 11.9 Å². The molecule has 0 aromatic heterocycles. The largest absolute Gasteiger partial charge is 0.497 e. The van der Waals surface area contributed by atoms with Crippen molar-refractivity contribution in [3.05, 3.63) is 58.7 Å². The molecule has 0 heterocycles. The van der Waals surface area contributed by atoms with E-state index in [9.17, 15) is 13.2 Å². The molecular weight excluding hydrogens is 478 g/mol. The van der Waals surface area contributed by atoms with E-state index in [1.165, 1.54) is 16.9 Å². The van der Waals surface area contributed by atoms with Crippen molar-refractivity contribution in [1.29, 1.82) is 0 Å². The van der Waals surface area contributed by atoms with Crippen molar-refractivity contribution in [3.63, 3.8) is 0 Å². The van der Waals surface area contributed by atoms with Crippen LogP contribution in [0.4, 0.5) is 0 Å². The van der Waals surface area contributed by atoms with Gasteiger partial charge in [-0.15, -0.1) is 0 Å². The lowest BCUT2D eigenvalue weighted by Crippen LogP contribution is -2.38. The van der Waals surface area contributed by atoms with Gasteiger partial charge in [-0.05, 0) is 75.7 Å². The standard InChI is InChI=1S/C27H41N3O5S/c1-20-17-25(34-8)18-21(2)26(20)36(32,33)30(7)15-16-35-22(3)27(31)29(6)19-24-11-9-23(10-12-24)13-14-28(4)5/h9-12,17-18,22H,13-16,19H2,1-8H3. The first kappa shape index (κ1) is 29.8. The van der Waals surface area contributed by atoms with Gasteiger partial charge in [-0.1, -0.05) is 24.3 Å². The van der Waals surface area contributed by atoms with Gasteiger partial charge in [0.15, 0.2) is 0 Å². The summed E-state index contributed by atoms with van der Waals surface area (Å²) in [5, 5.41) is 0. The van der Waals surface area contributed by atoms with Crippen molar-refractivity contribution >= 4 is 15.9 Å². The number of methoxy groups -OCH3 is 1. The maximum Gasteiger partial charge on any atom is 0.251 e. The number of hydrogen-bond donors (Lipinski definition) is 0. The molecule has 0 radical (unpaired) electrons. The van der Waals surface area contributed by atoms with E-state index in [0.29, 0.717) is 23.4 Å². The average Bonchev–Trinajstić information content (AvgIpc) is 2.82. The number of likely N-dealkylation sites (N-methyl/N-ethyl adjacent to an activating group) is 3. The molecule has 0 aliphatic carbocycles. The number of benzene rings is 2. The highest BCUT2D eigenvalue weighted by Gasteiger charge is 2.26. The monoisotopic (exact) mass is 519 g/mol. The van der Waals surface area contributed by atoms with Crippen LogP contribution in [-0.2, 0) is 32.5 Å². The highest BCUT2D eigenvalue weighted by molar-refractivity contribution is 7.89. The maximum atomic E-state index is 13.1. The van der Waals surface area contributed by atoms with E-state index in [0.717, 1.165) is 18.5 Å². The molecule has 9 heteroatoms. The molecule has 2 aromatic rings. The molecular formula is C27H41N3O5S. The van der Waals surface area contributed by atoms with Crippen LogP contribution in [0, 0.1) is 13.8 Å². The van der Waals surface area contributed by atoms with Gasteiger partial charge >= 0.3 is 0 Å². The minimum Gasteiger partial charge on any atom is -0.497 e. The zero-order chi connectivity index (χ0) is 27.0. The minimum absolute atomic E-state index is 0.102. The Kier molecular flexibility index (Phi) is 10.9. The van der Waals surface area contributed by atoms with Gasteiger partial charge in [0.05, 0.1) is 18.6 Å². The van der Waals surface area contributed by atoms with E-state index in [-0.39, 0.29) is 24.0 Å². The Morgan fingerprint density at radius 2 is 1.50 bits per heavy atom. The maximum absolute atomic E-state index is 13.1. The molecule has 8 nitrogen and oxygen atoms in total. The Morgan fingerprint density at radius 3 is 2.03 bits per heavy atom. The topological polar surface area (TPSA) is 79.4 Å². The molecule has 2 rings (SSSR count). The fourth-order valence-electron chi connectivity index (χ4n) is 3.97. The molecule has 0 spiro atoms. The van der Waals surface area contributed by atoms with E-state index in [1.54, 1.807) is 52.0 Å². The summed E-state index contributed by atoms with van der Waals surface area (Å²) in [7, 11) is 5.20. The number of hydrogen-bond acceptors (Lipinski definition) is 6. The fraction of sp³-hybridized carbons (Fsp3) is 0.519. The minimum atomic E-state index is -3.71. The van der Waals surface area contributed by atoms with E-state index < -0.39 is 16.1 Å². The van der Waals surface area contributed by atoms with E-state index in [2.05, 4.69) is 31.1 Å². The predicted octanol–water partition coefficient (Wildman–Crippen LogP) is 3.10. The number of ether oxygens (including phenoxy) is 2. The average molecular weight is 520 g/mol. The smallest absolute Gasteiger partial charge is 0.251 e. The zero-order valence-corrected chi connectivity index (χ0v) is 23.7. The lowest BCUT2D eigenvalue weighted by molar-refractivity contribution is -0.141. The van der Waals surface area contributed by atoms with Gasteiger partial charge in [-0.25, -0.2) is 8.42 Å². The summed E-state index contributed by atoms with van der Waals surface area (Å²) in [5.74, 6) is 0.464. The lowest BCUT2D eigenvalue weighted by atomic mass is 10.1. The van der Waals surface area contributed by atoms with Crippen LogP contribution >= 0.6 is 0 Å². The molecule has 1 unspecified atom stereocenters. The van der Waals surface area contributed by atoms with Crippen molar-refractivity contribution in [2.75, 3.05) is 55.0 Å². The first-order valence-corrected chi connectivity index (χ1v) is 13.5. The molecule has 0 fully saturated rings. The SMILES string of the molecule is COc1cc(C)c(S(=O)(=O)N(C)CCOC(C)C(=O)N(C)Cc2ccc(CCN(C)C)cc2)c(C)c1. The van der Waals surface area contributed by atoms with Crippen LogP contribution in [0.2, 0.25) is 0 Å². The van der Waals surface area contributed by atoms with Crippen LogP contribution in [0.15, 0.2) is 41.3 Å². The van der Waals surface area contributed by atoms with Crippen LogP contribution in [0.1, 0.15) is 29.2 Å². The molecule has 0 saturated carbocycles. The third-order valence-electron chi connectivity index (χ3n) is 6.13. The number of nitrogens with zero attached hydrogens (tertiary/aromatic N) is 3.